The number of benzene rings is 3. The van der Waals surface area contributed by atoms with E-state index in [0.29, 0.717) is 38.1 Å². The van der Waals surface area contributed by atoms with E-state index in [4.69, 9.17) is 38.4 Å². The summed E-state index contributed by atoms with van der Waals surface area (Å²) in [5, 5.41) is 11.2. The number of hydrogen-bond donors (Lipinski definition) is 3. The first-order chi connectivity index (χ1) is 24.0. The third-order valence-electron chi connectivity index (χ3n) is 10.4. The summed E-state index contributed by atoms with van der Waals surface area (Å²) in [6, 6.07) is 17.4. The van der Waals surface area contributed by atoms with E-state index >= 15 is 4.79 Å². The molecule has 0 radical (unpaired) electrons. The number of nitrogens with zero attached hydrogens (tertiary/aromatic N) is 2. The van der Waals surface area contributed by atoms with Crippen molar-refractivity contribution in [3.63, 3.8) is 0 Å². The van der Waals surface area contributed by atoms with Crippen molar-refractivity contribution < 1.29 is 38.6 Å². The Kier molecular flexibility index (Phi) is 8.57. The highest BCUT2D eigenvalue weighted by Gasteiger charge is 2.71. The van der Waals surface area contributed by atoms with Gasteiger partial charge in [-0.2, -0.15) is 9.91 Å². The minimum atomic E-state index is -1.61. The van der Waals surface area contributed by atoms with Crippen LogP contribution in [-0.2, 0) is 24.6 Å². The summed E-state index contributed by atoms with van der Waals surface area (Å²) in [6.07, 6.45) is 1.95. The molecule has 3 fully saturated rings. The van der Waals surface area contributed by atoms with E-state index in [1.807, 2.05) is 6.08 Å². The van der Waals surface area contributed by atoms with Crippen molar-refractivity contribution in [3.8, 4) is 11.5 Å². The van der Waals surface area contributed by atoms with Crippen LogP contribution in [0.15, 0.2) is 78.4 Å². The number of carbonyl (C=O) groups is 5. The molecular weight excluding hydrogens is 687 g/mol. The van der Waals surface area contributed by atoms with Crippen molar-refractivity contribution in [1.29, 1.82) is 0 Å². The van der Waals surface area contributed by atoms with Crippen LogP contribution in [0.5, 0.6) is 11.5 Å². The second-order valence-corrected chi connectivity index (χ2v) is 13.5. The summed E-state index contributed by atoms with van der Waals surface area (Å²) in [4.78, 5) is 70.1. The number of aliphatic hydroxyl groups is 1. The van der Waals surface area contributed by atoms with Crippen molar-refractivity contribution >= 4 is 58.5 Å². The zero-order valence-corrected chi connectivity index (χ0v) is 28.2. The van der Waals surface area contributed by atoms with Gasteiger partial charge in [0, 0.05) is 16.5 Å². The molecule has 1 saturated carbocycles. The number of likely N-dealkylation sites (tertiary alicyclic amines) is 1. The minimum absolute atomic E-state index is 0.00207. The van der Waals surface area contributed by atoms with E-state index in [1.165, 1.54) is 13.2 Å². The molecule has 4 aliphatic rings. The molecule has 0 unspecified atom stereocenters. The normalized spacial score (nSPS) is 27.0. The van der Waals surface area contributed by atoms with Gasteiger partial charge in [0.15, 0.2) is 0 Å². The van der Waals surface area contributed by atoms with Crippen molar-refractivity contribution in [2.75, 3.05) is 25.7 Å². The smallest absolute Gasteiger partial charge is 0.328 e. The lowest BCUT2D eigenvalue weighted by Gasteiger charge is -2.50. The number of allylic oxidation sites excluding steroid dienone is 2. The van der Waals surface area contributed by atoms with Gasteiger partial charge in [0.25, 0.3) is 11.8 Å². The molecule has 2 aliphatic heterocycles. The number of rotatable bonds is 8. The highest BCUT2D eigenvalue weighted by Crippen LogP contribution is 2.65. The number of hydrogen-bond acceptors (Lipinski definition) is 9. The predicted octanol–water partition coefficient (Wildman–Crippen LogP) is 4.44. The molecule has 14 heteroatoms. The molecule has 3 aromatic rings. The van der Waals surface area contributed by atoms with Gasteiger partial charge in [-0.3, -0.25) is 24.6 Å². The van der Waals surface area contributed by atoms with Gasteiger partial charge in [-0.25, -0.2) is 4.79 Å². The standard InChI is InChI=1S/C36H32Cl2N4O8/c1-49-20-9-6-18(7-10-20)36-25(32(45)42(34(36)47)40-27-13-8-19(37)16-26(27)38)17-24-21(30(36)22-4-2-3-5-28(22)50-15-14-43)11-12-23-29(24)33(46)41(31(23)44)35(39)48/h2-11,13,16,23-25,29-30,40,43H,12,14-15,17H2,1H3,(H2,39,48)/t23-,24+,25-,29-,30+,36+/m0/s1. The maximum atomic E-state index is 15.3. The predicted molar refractivity (Wildman–Crippen MR) is 181 cm³/mol. The summed E-state index contributed by atoms with van der Waals surface area (Å²) < 4.78 is 11.5. The van der Waals surface area contributed by atoms with Gasteiger partial charge >= 0.3 is 6.03 Å². The van der Waals surface area contributed by atoms with Gasteiger partial charge < -0.3 is 20.3 Å². The fraction of sp³-hybridized carbons (Fsp3) is 0.306. The summed E-state index contributed by atoms with van der Waals surface area (Å²) in [5.41, 5.74) is 8.77. The van der Waals surface area contributed by atoms with Gasteiger partial charge in [-0.15, -0.1) is 0 Å². The lowest BCUT2D eigenvalue weighted by molar-refractivity contribution is -0.139. The van der Waals surface area contributed by atoms with E-state index in [2.05, 4.69) is 5.43 Å². The number of urea groups is 1. The maximum Gasteiger partial charge on any atom is 0.328 e. The highest BCUT2D eigenvalue weighted by atomic mass is 35.5. The Hall–Kier alpha value is -4.91. The number of primary amides is 1. The van der Waals surface area contributed by atoms with Gasteiger partial charge in [-0.1, -0.05) is 65.2 Å². The molecule has 0 spiro atoms. The van der Waals surface area contributed by atoms with Crippen LogP contribution in [0.4, 0.5) is 10.5 Å². The largest absolute Gasteiger partial charge is 0.497 e. The molecule has 6 amide bonds. The van der Waals surface area contributed by atoms with E-state index in [-0.39, 0.29) is 36.8 Å². The van der Waals surface area contributed by atoms with Crippen molar-refractivity contribution in [1.82, 2.24) is 9.91 Å². The number of para-hydroxylation sites is 1. The average molecular weight is 720 g/mol. The Morgan fingerprint density at radius 2 is 1.74 bits per heavy atom. The van der Waals surface area contributed by atoms with Crippen LogP contribution >= 0.6 is 23.2 Å². The summed E-state index contributed by atoms with van der Waals surface area (Å²) >= 11 is 12.6. The van der Waals surface area contributed by atoms with Crippen LogP contribution in [0.25, 0.3) is 0 Å². The minimum Gasteiger partial charge on any atom is -0.497 e. The number of nitrogens with one attached hydrogen (secondary N) is 1. The van der Waals surface area contributed by atoms with Gasteiger partial charge in [-0.05, 0) is 60.7 Å². The number of amides is 6. The number of carbonyl (C=O) groups excluding carboxylic acids is 5. The molecule has 258 valence electrons. The zero-order valence-electron chi connectivity index (χ0n) is 26.7. The number of nitrogens with two attached hydrogens (primary N) is 1. The van der Waals surface area contributed by atoms with Crippen LogP contribution in [0.3, 0.4) is 0 Å². The van der Waals surface area contributed by atoms with Gasteiger partial charge in [0.1, 0.15) is 18.1 Å². The molecule has 0 bridgehead atoms. The van der Waals surface area contributed by atoms with E-state index in [1.54, 1.807) is 60.7 Å². The lowest BCUT2D eigenvalue weighted by atomic mass is 9.49. The monoisotopic (exact) mass is 718 g/mol. The molecule has 7 rings (SSSR count). The Morgan fingerprint density at radius 3 is 2.42 bits per heavy atom. The van der Waals surface area contributed by atoms with Crippen LogP contribution in [0, 0.1) is 23.7 Å². The first-order valence-electron chi connectivity index (χ1n) is 16.0. The Morgan fingerprint density at radius 1 is 1.00 bits per heavy atom. The quantitative estimate of drug-likeness (QED) is 0.225. The lowest BCUT2D eigenvalue weighted by Crippen LogP contribution is -2.53. The molecule has 2 aliphatic carbocycles. The molecule has 3 aromatic carbocycles. The summed E-state index contributed by atoms with van der Waals surface area (Å²) in [6.45, 7) is -0.330. The Balaban J connectivity index is 1.48. The second kappa shape index (κ2) is 12.8. The van der Waals surface area contributed by atoms with Crippen LogP contribution < -0.4 is 20.6 Å². The van der Waals surface area contributed by atoms with E-state index in [0.717, 1.165) is 5.01 Å². The number of imide groups is 4. The van der Waals surface area contributed by atoms with Crippen molar-refractivity contribution in [2.24, 2.45) is 29.4 Å². The van der Waals surface area contributed by atoms with Gasteiger partial charge in [0.2, 0.25) is 11.8 Å². The number of fused-ring (bicyclic) bond motifs is 4. The summed E-state index contributed by atoms with van der Waals surface area (Å²) in [5.74, 6) is -6.27. The average Bonchev–Trinajstić information content (AvgIpc) is 3.49. The number of halogens is 2. The van der Waals surface area contributed by atoms with Crippen LogP contribution in [-0.4, -0.2) is 65.0 Å². The van der Waals surface area contributed by atoms with Crippen LogP contribution in [0.1, 0.15) is 29.9 Å². The third-order valence-corrected chi connectivity index (χ3v) is 10.9. The third kappa shape index (κ3) is 4.96. The second-order valence-electron chi connectivity index (χ2n) is 12.7. The molecule has 50 heavy (non-hydrogen) atoms. The molecule has 2 heterocycles. The first-order valence-corrected chi connectivity index (χ1v) is 16.7. The number of anilines is 1. The topological polar surface area (TPSA) is 169 Å². The highest BCUT2D eigenvalue weighted by molar-refractivity contribution is 6.36. The molecule has 4 N–H and O–H groups in total. The Labute approximate surface area is 296 Å². The van der Waals surface area contributed by atoms with Crippen molar-refractivity contribution in [3.05, 3.63) is 99.6 Å². The number of methoxy groups -OCH3 is 1. The number of hydrazine groups is 1. The van der Waals surface area contributed by atoms with Crippen molar-refractivity contribution in [2.45, 2.75) is 24.2 Å². The fourth-order valence-corrected chi connectivity index (χ4v) is 8.86. The fourth-order valence-electron chi connectivity index (χ4n) is 8.41. The SMILES string of the molecule is COc1ccc([C@@]23C(=O)N(Nc4ccc(Cl)cc4Cl)C(=O)[C@@H]2C[C@@H]2C(=CC[C@@H]4C(=O)N(C(N)=O)C(=O)[C@@H]42)[C@@H]3c2ccccc2OCCO)cc1. The van der Waals surface area contributed by atoms with E-state index < -0.39 is 64.7 Å². The zero-order chi connectivity index (χ0) is 35.5. The first kappa shape index (κ1) is 33.6. The summed E-state index contributed by atoms with van der Waals surface area (Å²) in [7, 11) is 1.52. The number of ether oxygens (including phenoxy) is 2. The molecule has 0 aromatic heterocycles. The molecule has 2 saturated heterocycles. The molecule has 12 nitrogen and oxygen atoms in total. The van der Waals surface area contributed by atoms with E-state index in [9.17, 15) is 24.3 Å². The Bertz CT molecular complexity index is 1970. The number of aliphatic hydroxyl groups excluding tert-OH is 1. The molecular formula is C36H32Cl2N4O8. The van der Waals surface area contributed by atoms with Gasteiger partial charge in [0.05, 0.1) is 47.6 Å². The maximum absolute atomic E-state index is 15.3. The molecule has 6 atom stereocenters. The van der Waals surface area contributed by atoms with Crippen LogP contribution in [0.2, 0.25) is 10.0 Å².